The van der Waals surface area contributed by atoms with Crippen LogP contribution < -0.4 is 25.1 Å². The first-order chi connectivity index (χ1) is 17.5. The molecule has 3 rings (SSSR count). The molecule has 0 aliphatic carbocycles. The molecule has 0 bridgehead atoms. The number of nitrogens with one attached hydrogen (secondary N) is 1. The van der Waals surface area contributed by atoms with Crippen LogP contribution in [-0.2, 0) is 12.0 Å². The minimum atomic E-state index is -0.652. The zero-order valence-electron chi connectivity index (χ0n) is 22.9. The average molecular weight is 551 g/mol. The van der Waals surface area contributed by atoms with Crippen LogP contribution in [-0.4, -0.2) is 70.8 Å². The molecular formula is C25H35ClN6O6. The van der Waals surface area contributed by atoms with Gasteiger partial charge in [0, 0.05) is 36.3 Å². The van der Waals surface area contributed by atoms with Crippen molar-refractivity contribution in [2.24, 2.45) is 4.99 Å². The monoisotopic (exact) mass is 550 g/mol. The van der Waals surface area contributed by atoms with Gasteiger partial charge >= 0.3 is 6.09 Å². The van der Waals surface area contributed by atoms with E-state index in [0.717, 1.165) is 11.1 Å². The molecule has 0 unspecified atom stereocenters. The van der Waals surface area contributed by atoms with Crippen LogP contribution in [0.5, 0.6) is 17.4 Å². The minimum Gasteiger partial charge on any atom is -0.493 e. The van der Waals surface area contributed by atoms with Crippen LogP contribution in [0.25, 0.3) is 5.65 Å². The number of rotatable bonds is 8. The Kier molecular flexibility index (Phi) is 9.87. The highest BCUT2D eigenvalue weighted by Gasteiger charge is 2.26. The van der Waals surface area contributed by atoms with Crippen molar-refractivity contribution in [2.75, 3.05) is 34.4 Å². The number of ketones is 1. The van der Waals surface area contributed by atoms with E-state index >= 15 is 0 Å². The van der Waals surface area contributed by atoms with Crippen molar-refractivity contribution in [1.82, 2.24) is 24.7 Å². The molecule has 0 saturated heterocycles. The smallest absolute Gasteiger partial charge is 0.413 e. The van der Waals surface area contributed by atoms with Gasteiger partial charge in [-0.2, -0.15) is 4.52 Å². The number of Topliss-reactive ketones (excluding diaryl/α,β-unsaturated/α-hetero) is 1. The van der Waals surface area contributed by atoms with E-state index in [0.29, 0.717) is 33.9 Å². The predicted octanol–water partition coefficient (Wildman–Crippen LogP) is 2.38. The van der Waals surface area contributed by atoms with Crippen molar-refractivity contribution in [1.29, 1.82) is 0 Å². The Morgan fingerprint density at radius 3 is 2.39 bits per heavy atom. The molecule has 13 heteroatoms. The number of benzene rings is 1. The van der Waals surface area contributed by atoms with Gasteiger partial charge in [-0.25, -0.2) is 9.48 Å². The van der Waals surface area contributed by atoms with Gasteiger partial charge in [-0.05, 0) is 31.4 Å². The van der Waals surface area contributed by atoms with Crippen LogP contribution in [0.15, 0.2) is 17.1 Å². The van der Waals surface area contributed by atoms with Crippen LogP contribution >= 0.6 is 12.4 Å². The van der Waals surface area contributed by atoms with E-state index in [1.54, 1.807) is 33.2 Å². The Morgan fingerprint density at radius 1 is 1.16 bits per heavy atom. The van der Waals surface area contributed by atoms with Crippen molar-refractivity contribution in [2.45, 2.75) is 46.6 Å². The van der Waals surface area contributed by atoms with Gasteiger partial charge in [-0.1, -0.05) is 20.8 Å². The maximum absolute atomic E-state index is 13.5. The summed E-state index contributed by atoms with van der Waals surface area (Å²) in [7, 11) is 4.56. The molecule has 0 spiro atoms. The minimum absolute atomic E-state index is 0. The molecule has 1 aromatic carbocycles. The predicted molar refractivity (Wildman–Crippen MR) is 143 cm³/mol. The van der Waals surface area contributed by atoms with Crippen molar-refractivity contribution in [3.63, 3.8) is 0 Å². The fraction of sp³-hybridized carbons (Fsp3) is 0.480. The second-order valence-corrected chi connectivity index (χ2v) is 9.41. The Bertz CT molecular complexity index is 1410. The molecular weight excluding hydrogens is 516 g/mol. The highest BCUT2D eigenvalue weighted by atomic mass is 35.5. The van der Waals surface area contributed by atoms with E-state index in [1.807, 2.05) is 27.7 Å². The Labute approximate surface area is 227 Å². The summed E-state index contributed by atoms with van der Waals surface area (Å²) in [5, 5.41) is 20.6. The number of methoxy groups -OCH3 is 1. The largest absolute Gasteiger partial charge is 0.493 e. The summed E-state index contributed by atoms with van der Waals surface area (Å²) in [6.07, 6.45) is -0.652. The highest BCUT2D eigenvalue weighted by molar-refractivity contribution is 5.97. The number of fused-ring (bicyclic) bond motifs is 1. The fourth-order valence-corrected chi connectivity index (χ4v) is 3.80. The third-order valence-corrected chi connectivity index (χ3v) is 5.87. The lowest BCUT2D eigenvalue weighted by Crippen LogP contribution is -2.28. The number of hydrogen-bond acceptors (Lipinski definition) is 9. The van der Waals surface area contributed by atoms with E-state index in [9.17, 15) is 14.7 Å². The number of aliphatic hydroxyl groups excluding tert-OH is 1. The summed E-state index contributed by atoms with van der Waals surface area (Å²) in [5.41, 5.74) is 2.98. The number of carbonyl (C=O) groups is 2. The summed E-state index contributed by atoms with van der Waals surface area (Å²) in [5.74, 6) is 0.759. The number of amides is 1. The molecule has 208 valence electrons. The SMILES string of the molecule is C/N=c1\n(CC(=O)c2cc(OCCO)c(OC)c(C(C)(C)C)c2)nc2c(C)c(C)c(OC(=O)NC)nn12.Cl. The number of aryl methyl sites for hydroxylation is 1. The molecule has 12 nitrogen and oxygen atoms in total. The van der Waals surface area contributed by atoms with Gasteiger partial charge in [0.15, 0.2) is 22.9 Å². The number of ether oxygens (including phenoxy) is 3. The van der Waals surface area contributed by atoms with E-state index in [2.05, 4.69) is 20.5 Å². The number of nitrogens with zero attached hydrogens (tertiary/aromatic N) is 5. The van der Waals surface area contributed by atoms with Crippen molar-refractivity contribution in [3.05, 3.63) is 40.0 Å². The first-order valence-electron chi connectivity index (χ1n) is 11.8. The number of halogens is 1. The molecule has 0 saturated carbocycles. The number of aliphatic hydroxyl groups is 1. The van der Waals surface area contributed by atoms with Crippen molar-refractivity contribution >= 4 is 29.9 Å². The molecule has 2 aromatic heterocycles. The molecule has 38 heavy (non-hydrogen) atoms. The van der Waals surface area contributed by atoms with E-state index < -0.39 is 6.09 Å². The van der Waals surface area contributed by atoms with Crippen molar-refractivity contribution < 1.29 is 28.9 Å². The third kappa shape index (κ3) is 6.08. The first kappa shape index (κ1) is 30.6. The number of hydrogen-bond donors (Lipinski definition) is 2. The van der Waals surface area contributed by atoms with Crippen molar-refractivity contribution in [3.8, 4) is 17.4 Å². The van der Waals surface area contributed by atoms with Crippen LogP contribution in [0, 0.1) is 13.8 Å². The quantitative estimate of drug-likeness (QED) is 0.407. The number of aromatic nitrogens is 4. The van der Waals surface area contributed by atoms with E-state index in [-0.39, 0.29) is 49.2 Å². The summed E-state index contributed by atoms with van der Waals surface area (Å²) in [6, 6.07) is 3.39. The summed E-state index contributed by atoms with van der Waals surface area (Å²) in [6.45, 7) is 9.37. The second kappa shape index (κ2) is 12.3. The van der Waals surface area contributed by atoms with Crippen LogP contribution in [0.3, 0.4) is 0 Å². The van der Waals surface area contributed by atoms with E-state index in [4.69, 9.17) is 14.2 Å². The van der Waals surface area contributed by atoms with Gasteiger partial charge in [0.25, 0.3) is 0 Å². The standard InChI is InChI=1S/C25H34N6O6.ClH/c1-14-15(2)22(37-24(34)27-7)29-31-21(14)28-30(23(31)26-6)13-18(33)16-11-17(25(3,4)5)20(35-8)19(12-16)36-10-9-32;/h11-12,32H,9-10,13H2,1-8H3,(H,27,34);1H/b26-23+;. The van der Waals surface area contributed by atoms with E-state index in [1.165, 1.54) is 16.2 Å². The lowest BCUT2D eigenvalue weighted by Gasteiger charge is -2.25. The summed E-state index contributed by atoms with van der Waals surface area (Å²) in [4.78, 5) is 29.6. The van der Waals surface area contributed by atoms with Gasteiger partial charge in [0.05, 0.1) is 13.7 Å². The van der Waals surface area contributed by atoms with Gasteiger partial charge < -0.3 is 24.6 Å². The van der Waals surface area contributed by atoms with Crippen LogP contribution in [0.2, 0.25) is 0 Å². The lowest BCUT2D eigenvalue weighted by molar-refractivity contribution is 0.0965. The van der Waals surface area contributed by atoms with Gasteiger partial charge in [0.2, 0.25) is 11.5 Å². The van der Waals surface area contributed by atoms with Gasteiger partial charge in [0.1, 0.15) is 13.2 Å². The molecule has 0 aliphatic rings. The highest BCUT2D eigenvalue weighted by Crippen LogP contribution is 2.40. The third-order valence-electron chi connectivity index (χ3n) is 5.87. The Hall–Kier alpha value is -3.64. The molecule has 2 N–H and O–H groups in total. The zero-order valence-corrected chi connectivity index (χ0v) is 23.7. The maximum Gasteiger partial charge on any atom is 0.413 e. The molecule has 0 fully saturated rings. The normalized spacial score (nSPS) is 11.8. The molecule has 2 heterocycles. The lowest BCUT2D eigenvalue weighted by atomic mass is 9.84. The van der Waals surface area contributed by atoms with Crippen LogP contribution in [0.4, 0.5) is 4.79 Å². The second-order valence-electron chi connectivity index (χ2n) is 9.41. The topological polar surface area (TPSA) is 142 Å². The average Bonchev–Trinajstić information content (AvgIpc) is 3.21. The Morgan fingerprint density at radius 2 is 1.84 bits per heavy atom. The van der Waals surface area contributed by atoms with Crippen LogP contribution in [0.1, 0.15) is 47.8 Å². The van der Waals surface area contributed by atoms with Gasteiger partial charge in [-0.3, -0.25) is 9.79 Å². The Balaban J connectivity index is 0.00000507. The summed E-state index contributed by atoms with van der Waals surface area (Å²) < 4.78 is 19.5. The molecule has 0 aliphatic heterocycles. The number of carbonyl (C=O) groups excluding carboxylic acids is 2. The molecule has 0 atom stereocenters. The zero-order chi connectivity index (χ0) is 27.5. The molecule has 0 radical (unpaired) electrons. The van der Waals surface area contributed by atoms with Gasteiger partial charge in [-0.15, -0.1) is 22.6 Å². The summed E-state index contributed by atoms with van der Waals surface area (Å²) >= 11 is 0. The molecule has 1 amide bonds. The first-order valence-corrected chi connectivity index (χ1v) is 11.8. The molecule has 3 aromatic rings. The fourth-order valence-electron chi connectivity index (χ4n) is 3.80. The maximum atomic E-state index is 13.5.